The molecule has 0 aliphatic heterocycles. The molecule has 0 amide bonds. The summed E-state index contributed by atoms with van der Waals surface area (Å²) in [7, 11) is 0. The van der Waals surface area contributed by atoms with Gasteiger partial charge in [-0.25, -0.2) is 0 Å². The highest BCUT2D eigenvalue weighted by Gasteiger charge is 2.16. The zero-order chi connectivity index (χ0) is 10.8. The number of thiophene rings is 1. The van der Waals surface area contributed by atoms with Crippen molar-refractivity contribution in [3.63, 3.8) is 0 Å². The largest absolute Gasteiger partial charge is 0.330 e. The van der Waals surface area contributed by atoms with Crippen LogP contribution >= 0.6 is 22.9 Å². The van der Waals surface area contributed by atoms with Gasteiger partial charge in [-0.3, -0.25) is 0 Å². The third kappa shape index (κ3) is 3.26. The molecule has 1 rings (SSSR count). The molecule has 0 aromatic carbocycles. The van der Waals surface area contributed by atoms with Gasteiger partial charge in [0.2, 0.25) is 0 Å². The Morgan fingerprint density at radius 3 is 2.57 bits per heavy atom. The van der Waals surface area contributed by atoms with Gasteiger partial charge in [-0.15, -0.1) is 11.3 Å². The Morgan fingerprint density at radius 1 is 1.50 bits per heavy atom. The van der Waals surface area contributed by atoms with E-state index in [-0.39, 0.29) is 5.41 Å². The Kier molecular flexibility index (Phi) is 3.99. The lowest BCUT2D eigenvalue weighted by Gasteiger charge is -2.21. The first-order chi connectivity index (χ1) is 6.44. The van der Waals surface area contributed by atoms with Crippen LogP contribution in [-0.2, 0) is 6.42 Å². The molecule has 1 nitrogen and oxygen atoms in total. The fourth-order valence-electron chi connectivity index (χ4n) is 1.21. The van der Waals surface area contributed by atoms with Gasteiger partial charge in [-0.05, 0) is 43.4 Å². The predicted octanol–water partition coefficient (Wildman–Crippen LogP) is 3.63. The van der Waals surface area contributed by atoms with Gasteiger partial charge >= 0.3 is 0 Å². The second-order valence-electron chi connectivity index (χ2n) is 4.54. The van der Waals surface area contributed by atoms with Gasteiger partial charge in [0.25, 0.3) is 0 Å². The summed E-state index contributed by atoms with van der Waals surface area (Å²) < 4.78 is 0.922. The van der Waals surface area contributed by atoms with E-state index < -0.39 is 0 Å². The zero-order valence-electron chi connectivity index (χ0n) is 9.06. The molecule has 0 saturated carbocycles. The van der Waals surface area contributed by atoms with Crippen LogP contribution in [0.25, 0.3) is 0 Å². The third-order valence-corrected chi connectivity index (χ3v) is 4.12. The van der Waals surface area contributed by atoms with Crippen LogP contribution in [0.2, 0.25) is 4.34 Å². The number of hydrogen-bond donors (Lipinski definition) is 1. The van der Waals surface area contributed by atoms with Crippen molar-refractivity contribution < 1.29 is 0 Å². The van der Waals surface area contributed by atoms with Crippen LogP contribution in [-0.4, -0.2) is 6.54 Å². The molecule has 0 radical (unpaired) electrons. The number of aryl methyl sites for hydroxylation is 2. The molecule has 14 heavy (non-hydrogen) atoms. The summed E-state index contributed by atoms with van der Waals surface area (Å²) in [5.41, 5.74) is 7.12. The lowest BCUT2D eigenvalue weighted by molar-refractivity contribution is 0.349. The normalized spacial score (nSPS) is 12.1. The van der Waals surface area contributed by atoms with E-state index in [1.54, 1.807) is 11.3 Å². The average Bonchev–Trinajstić information content (AvgIpc) is 2.44. The molecule has 1 heterocycles. The summed E-state index contributed by atoms with van der Waals surface area (Å²) in [6.45, 7) is 7.20. The average molecular weight is 232 g/mol. The van der Waals surface area contributed by atoms with E-state index in [2.05, 4.69) is 26.8 Å². The highest BCUT2D eigenvalue weighted by atomic mass is 35.5. The lowest BCUT2D eigenvalue weighted by atomic mass is 9.88. The monoisotopic (exact) mass is 231 g/mol. The molecule has 0 aliphatic rings. The predicted molar refractivity (Wildman–Crippen MR) is 65.2 cm³/mol. The first-order valence-corrected chi connectivity index (χ1v) is 6.09. The number of rotatable bonds is 4. The minimum absolute atomic E-state index is 0.240. The second-order valence-corrected chi connectivity index (χ2v) is 6.28. The molecular formula is C11H18ClNS. The van der Waals surface area contributed by atoms with Crippen LogP contribution in [0.1, 0.15) is 30.7 Å². The Hall–Kier alpha value is -0.0500. The van der Waals surface area contributed by atoms with Crippen LogP contribution < -0.4 is 5.73 Å². The Labute approximate surface area is 95.3 Å². The number of hydrogen-bond acceptors (Lipinski definition) is 2. The van der Waals surface area contributed by atoms with Crippen molar-refractivity contribution in [1.29, 1.82) is 0 Å². The van der Waals surface area contributed by atoms with Crippen LogP contribution in [0.5, 0.6) is 0 Å². The topological polar surface area (TPSA) is 26.0 Å². The quantitative estimate of drug-likeness (QED) is 0.842. The molecule has 0 fully saturated rings. The maximum atomic E-state index is 6.01. The fraction of sp³-hybridized carbons (Fsp3) is 0.636. The molecule has 80 valence electrons. The SMILES string of the molecule is Cc1cc(CCC(C)(C)CN)sc1Cl. The molecular weight excluding hydrogens is 214 g/mol. The van der Waals surface area contributed by atoms with E-state index >= 15 is 0 Å². The molecule has 3 heteroatoms. The molecule has 0 atom stereocenters. The summed E-state index contributed by atoms with van der Waals surface area (Å²) in [4.78, 5) is 1.37. The molecule has 1 aromatic rings. The standard InChI is InChI=1S/C11H18ClNS/c1-8-6-9(14-10(8)12)4-5-11(2,3)7-13/h6H,4-5,7,13H2,1-3H3. The summed E-state index contributed by atoms with van der Waals surface area (Å²) in [6, 6.07) is 2.18. The maximum Gasteiger partial charge on any atom is 0.0960 e. The van der Waals surface area contributed by atoms with Gasteiger partial charge in [-0.2, -0.15) is 0 Å². The Balaban J connectivity index is 2.54. The van der Waals surface area contributed by atoms with E-state index in [1.165, 1.54) is 10.4 Å². The van der Waals surface area contributed by atoms with Crippen LogP contribution in [0.3, 0.4) is 0 Å². The minimum Gasteiger partial charge on any atom is -0.330 e. The van der Waals surface area contributed by atoms with Gasteiger partial charge in [0.15, 0.2) is 0 Å². The molecule has 0 unspecified atom stereocenters. The Bertz CT molecular complexity index is 285. The number of nitrogens with two attached hydrogens (primary N) is 1. The molecule has 0 aliphatic carbocycles. The first kappa shape index (κ1) is 12.0. The van der Waals surface area contributed by atoms with E-state index in [9.17, 15) is 0 Å². The first-order valence-electron chi connectivity index (χ1n) is 4.89. The van der Waals surface area contributed by atoms with Crippen molar-refractivity contribution >= 4 is 22.9 Å². The zero-order valence-corrected chi connectivity index (χ0v) is 10.6. The van der Waals surface area contributed by atoms with Gasteiger partial charge in [-0.1, -0.05) is 25.4 Å². The lowest BCUT2D eigenvalue weighted by Crippen LogP contribution is -2.23. The van der Waals surface area contributed by atoms with Crippen molar-refractivity contribution in [1.82, 2.24) is 0 Å². The van der Waals surface area contributed by atoms with Gasteiger partial charge in [0.1, 0.15) is 0 Å². The summed E-state index contributed by atoms with van der Waals surface area (Å²) in [5, 5.41) is 0. The van der Waals surface area contributed by atoms with Crippen molar-refractivity contribution in [2.24, 2.45) is 11.1 Å². The van der Waals surface area contributed by atoms with Gasteiger partial charge in [0, 0.05) is 4.88 Å². The molecule has 1 aromatic heterocycles. The van der Waals surface area contributed by atoms with Gasteiger partial charge in [0.05, 0.1) is 4.34 Å². The molecule has 0 bridgehead atoms. The fourth-order valence-corrected chi connectivity index (χ4v) is 2.45. The highest BCUT2D eigenvalue weighted by Crippen LogP contribution is 2.30. The van der Waals surface area contributed by atoms with Crippen molar-refractivity contribution in [2.75, 3.05) is 6.54 Å². The summed E-state index contributed by atoms with van der Waals surface area (Å²) in [5.74, 6) is 0. The maximum absolute atomic E-state index is 6.01. The number of halogens is 1. The smallest absolute Gasteiger partial charge is 0.0960 e. The van der Waals surface area contributed by atoms with E-state index in [1.807, 2.05) is 0 Å². The third-order valence-electron chi connectivity index (χ3n) is 2.51. The van der Waals surface area contributed by atoms with E-state index in [0.29, 0.717) is 0 Å². The second kappa shape index (κ2) is 4.65. The Morgan fingerprint density at radius 2 is 2.14 bits per heavy atom. The van der Waals surface area contributed by atoms with Crippen LogP contribution in [0, 0.1) is 12.3 Å². The van der Waals surface area contributed by atoms with E-state index in [0.717, 1.165) is 23.7 Å². The summed E-state index contributed by atoms with van der Waals surface area (Å²) in [6.07, 6.45) is 2.21. The van der Waals surface area contributed by atoms with Crippen molar-refractivity contribution in [3.8, 4) is 0 Å². The minimum atomic E-state index is 0.240. The van der Waals surface area contributed by atoms with Crippen molar-refractivity contribution in [3.05, 3.63) is 20.8 Å². The molecule has 0 spiro atoms. The molecule has 0 saturated heterocycles. The van der Waals surface area contributed by atoms with Crippen molar-refractivity contribution in [2.45, 2.75) is 33.6 Å². The highest BCUT2D eigenvalue weighted by molar-refractivity contribution is 7.16. The molecule has 2 N–H and O–H groups in total. The van der Waals surface area contributed by atoms with E-state index in [4.69, 9.17) is 17.3 Å². The summed E-state index contributed by atoms with van der Waals surface area (Å²) >= 11 is 7.70. The van der Waals surface area contributed by atoms with Gasteiger partial charge < -0.3 is 5.73 Å². The van der Waals surface area contributed by atoms with Crippen LogP contribution in [0.4, 0.5) is 0 Å². The van der Waals surface area contributed by atoms with Crippen LogP contribution in [0.15, 0.2) is 6.07 Å².